The van der Waals surface area contributed by atoms with Gasteiger partial charge in [0.25, 0.3) is 0 Å². The van der Waals surface area contributed by atoms with E-state index < -0.39 is 36.2 Å². The van der Waals surface area contributed by atoms with E-state index in [0.29, 0.717) is 0 Å². The van der Waals surface area contributed by atoms with E-state index in [1.165, 1.54) is 0 Å². The molecular weight excluding hydrogens is 508 g/mol. The lowest BCUT2D eigenvalue weighted by Gasteiger charge is -2.27. The average Bonchev–Trinajstić information content (AvgIpc) is 3.76. The van der Waals surface area contributed by atoms with Gasteiger partial charge in [-0.1, -0.05) is 78.9 Å². The molecule has 1 saturated carbocycles. The number of rotatable bonds is 12. The number of amides is 2. The molecule has 0 spiro atoms. The Morgan fingerprint density at radius 2 is 1.48 bits per heavy atom. The molecule has 0 heterocycles. The lowest BCUT2D eigenvalue weighted by Crippen LogP contribution is -2.55. The molecule has 5 rings (SSSR count). The zero-order valence-electron chi connectivity index (χ0n) is 22.4. The lowest BCUT2D eigenvalue weighted by atomic mass is 9.98. The van der Waals surface area contributed by atoms with Crippen LogP contribution in [0.1, 0.15) is 48.8 Å². The van der Waals surface area contributed by atoms with Gasteiger partial charge in [0, 0.05) is 12.0 Å². The van der Waals surface area contributed by atoms with Gasteiger partial charge in [-0.05, 0) is 53.5 Å². The Kier molecular flexibility index (Phi) is 8.45. The maximum atomic E-state index is 13.4. The standard InChI is InChI=1S/C32H34N2O6/c1-20(39-18-21-9-3-2-4-10-21)30(31(37)33-28(17-29(35)36)22-15-16-22)34-32(38)40-19-27-25-13-7-5-11-23(25)24-12-6-8-14-26(24)27/h2-14,20,22,27-28,30H,15-19H2,1H3,(H,33,37)(H,34,38)(H,35,36). The van der Waals surface area contributed by atoms with Crippen molar-refractivity contribution >= 4 is 18.0 Å². The third-order valence-corrected chi connectivity index (χ3v) is 7.64. The first-order chi connectivity index (χ1) is 19.4. The van der Waals surface area contributed by atoms with Gasteiger partial charge in [0.2, 0.25) is 5.91 Å². The molecule has 8 nitrogen and oxygen atoms in total. The van der Waals surface area contributed by atoms with Crippen molar-refractivity contribution in [3.8, 4) is 11.1 Å². The summed E-state index contributed by atoms with van der Waals surface area (Å²) in [5.74, 6) is -1.47. The minimum absolute atomic E-state index is 0.108. The molecule has 0 bridgehead atoms. The second-order valence-electron chi connectivity index (χ2n) is 10.5. The molecule has 3 atom stereocenters. The molecule has 3 aromatic carbocycles. The minimum Gasteiger partial charge on any atom is -0.481 e. The third-order valence-electron chi connectivity index (χ3n) is 7.64. The van der Waals surface area contributed by atoms with Crippen LogP contribution in [0.2, 0.25) is 0 Å². The van der Waals surface area contributed by atoms with Crippen molar-refractivity contribution in [2.24, 2.45) is 5.92 Å². The van der Waals surface area contributed by atoms with Gasteiger partial charge in [-0.15, -0.1) is 0 Å². The van der Waals surface area contributed by atoms with Crippen LogP contribution < -0.4 is 10.6 Å². The number of aliphatic carboxylic acids is 1. The molecule has 208 valence electrons. The van der Waals surface area contributed by atoms with Gasteiger partial charge in [0.1, 0.15) is 12.6 Å². The van der Waals surface area contributed by atoms with E-state index in [1.807, 2.05) is 66.7 Å². The number of nitrogens with one attached hydrogen (secondary N) is 2. The fourth-order valence-corrected chi connectivity index (χ4v) is 5.36. The SMILES string of the molecule is CC(OCc1ccccc1)C(NC(=O)OCC1c2ccccc2-c2ccccc21)C(=O)NC(CC(=O)O)C1CC1. The highest BCUT2D eigenvalue weighted by Crippen LogP contribution is 2.44. The Morgan fingerprint density at radius 1 is 0.875 bits per heavy atom. The number of carbonyl (C=O) groups excluding carboxylic acids is 2. The quantitative estimate of drug-likeness (QED) is 0.301. The van der Waals surface area contributed by atoms with Gasteiger partial charge in [-0.2, -0.15) is 0 Å². The first-order valence-electron chi connectivity index (χ1n) is 13.7. The highest BCUT2D eigenvalue weighted by molar-refractivity contribution is 5.87. The molecule has 0 radical (unpaired) electrons. The number of carbonyl (C=O) groups is 3. The molecule has 0 aliphatic heterocycles. The molecule has 8 heteroatoms. The highest BCUT2D eigenvalue weighted by Gasteiger charge is 2.37. The van der Waals surface area contributed by atoms with E-state index >= 15 is 0 Å². The summed E-state index contributed by atoms with van der Waals surface area (Å²) >= 11 is 0. The van der Waals surface area contributed by atoms with Gasteiger partial charge in [-0.3, -0.25) is 9.59 Å². The van der Waals surface area contributed by atoms with E-state index in [4.69, 9.17) is 9.47 Å². The van der Waals surface area contributed by atoms with Crippen LogP contribution in [-0.2, 0) is 25.7 Å². The number of ether oxygens (including phenoxy) is 2. The first kappa shape index (κ1) is 27.4. The molecule has 40 heavy (non-hydrogen) atoms. The number of fused-ring (bicyclic) bond motifs is 3. The summed E-state index contributed by atoms with van der Waals surface area (Å²) in [6.45, 7) is 2.07. The lowest BCUT2D eigenvalue weighted by molar-refractivity contribution is -0.138. The maximum absolute atomic E-state index is 13.4. The summed E-state index contributed by atoms with van der Waals surface area (Å²) in [5, 5.41) is 14.9. The van der Waals surface area contributed by atoms with Crippen LogP contribution in [-0.4, -0.2) is 47.9 Å². The van der Waals surface area contributed by atoms with Crippen LogP contribution in [0.25, 0.3) is 11.1 Å². The number of hydrogen-bond acceptors (Lipinski definition) is 5. The Labute approximate surface area is 233 Å². The predicted molar refractivity (Wildman–Crippen MR) is 150 cm³/mol. The predicted octanol–water partition coefficient (Wildman–Crippen LogP) is 4.87. The van der Waals surface area contributed by atoms with E-state index in [-0.39, 0.29) is 31.5 Å². The largest absolute Gasteiger partial charge is 0.481 e. The third kappa shape index (κ3) is 6.51. The molecule has 2 aliphatic rings. The molecule has 0 aromatic heterocycles. The fraction of sp³-hybridized carbons (Fsp3) is 0.344. The minimum atomic E-state index is -1.07. The molecule has 3 aromatic rings. The van der Waals surface area contributed by atoms with Gasteiger partial charge in [-0.25, -0.2) is 4.79 Å². The second kappa shape index (κ2) is 12.3. The molecular formula is C32H34N2O6. The van der Waals surface area contributed by atoms with Crippen molar-refractivity contribution in [1.82, 2.24) is 10.6 Å². The average molecular weight is 543 g/mol. The molecule has 3 N–H and O–H groups in total. The number of carboxylic acids is 1. The summed E-state index contributed by atoms with van der Waals surface area (Å²) in [7, 11) is 0. The summed E-state index contributed by atoms with van der Waals surface area (Å²) in [6, 6.07) is 24.1. The van der Waals surface area contributed by atoms with Crippen molar-refractivity contribution in [3.63, 3.8) is 0 Å². The Morgan fingerprint density at radius 3 is 2.08 bits per heavy atom. The summed E-state index contributed by atoms with van der Waals surface area (Å²) in [4.78, 5) is 37.8. The van der Waals surface area contributed by atoms with Crippen molar-refractivity contribution in [3.05, 3.63) is 95.6 Å². The topological polar surface area (TPSA) is 114 Å². The van der Waals surface area contributed by atoms with Crippen LogP contribution in [0.4, 0.5) is 4.79 Å². The van der Waals surface area contributed by atoms with Gasteiger partial charge in [0.15, 0.2) is 0 Å². The Bertz CT molecular complexity index is 1310. The van der Waals surface area contributed by atoms with E-state index in [1.54, 1.807) is 6.92 Å². The van der Waals surface area contributed by atoms with Crippen LogP contribution >= 0.6 is 0 Å². The van der Waals surface area contributed by atoms with E-state index in [9.17, 15) is 19.5 Å². The summed E-state index contributed by atoms with van der Waals surface area (Å²) < 4.78 is 11.7. The van der Waals surface area contributed by atoms with Crippen LogP contribution in [0.5, 0.6) is 0 Å². The van der Waals surface area contributed by atoms with Crippen molar-refractivity contribution < 1.29 is 29.0 Å². The van der Waals surface area contributed by atoms with Gasteiger partial charge in [0.05, 0.1) is 19.1 Å². The van der Waals surface area contributed by atoms with Crippen molar-refractivity contribution in [2.45, 2.75) is 56.9 Å². The van der Waals surface area contributed by atoms with Crippen LogP contribution in [0, 0.1) is 5.92 Å². The molecule has 2 aliphatic carbocycles. The smallest absolute Gasteiger partial charge is 0.407 e. The molecule has 3 unspecified atom stereocenters. The normalized spacial score (nSPS) is 16.2. The second-order valence-corrected chi connectivity index (χ2v) is 10.5. The zero-order chi connectivity index (χ0) is 28.1. The molecule has 1 fully saturated rings. The number of benzene rings is 3. The zero-order valence-corrected chi connectivity index (χ0v) is 22.4. The van der Waals surface area contributed by atoms with Crippen molar-refractivity contribution in [1.29, 1.82) is 0 Å². The monoisotopic (exact) mass is 542 g/mol. The highest BCUT2D eigenvalue weighted by atomic mass is 16.5. The summed E-state index contributed by atoms with van der Waals surface area (Å²) in [5.41, 5.74) is 5.35. The van der Waals surface area contributed by atoms with Crippen LogP contribution in [0.15, 0.2) is 78.9 Å². The number of carboxylic acid groups (broad SMARTS) is 1. The Hall–Kier alpha value is -4.17. The van der Waals surface area contributed by atoms with Gasteiger partial charge < -0.3 is 25.2 Å². The maximum Gasteiger partial charge on any atom is 0.407 e. The number of hydrogen-bond donors (Lipinski definition) is 3. The van der Waals surface area contributed by atoms with Gasteiger partial charge >= 0.3 is 12.1 Å². The number of alkyl carbamates (subject to hydrolysis) is 1. The van der Waals surface area contributed by atoms with E-state index in [0.717, 1.165) is 40.7 Å². The van der Waals surface area contributed by atoms with E-state index in [2.05, 4.69) is 22.8 Å². The first-order valence-corrected chi connectivity index (χ1v) is 13.7. The molecule has 0 saturated heterocycles. The van der Waals surface area contributed by atoms with Crippen molar-refractivity contribution in [2.75, 3.05) is 6.61 Å². The summed E-state index contributed by atoms with van der Waals surface area (Å²) in [6.07, 6.45) is 0.113. The fourth-order valence-electron chi connectivity index (χ4n) is 5.36. The Balaban J connectivity index is 1.27. The van der Waals surface area contributed by atoms with Crippen LogP contribution in [0.3, 0.4) is 0 Å². The molecule has 2 amide bonds.